The monoisotopic (exact) mass is 344 g/mol. The highest BCUT2D eigenvalue weighted by Crippen LogP contribution is 2.24. The molecule has 0 radical (unpaired) electrons. The summed E-state index contributed by atoms with van der Waals surface area (Å²) < 4.78 is 10.9. The fourth-order valence-electron chi connectivity index (χ4n) is 2.84. The molecule has 3 rings (SSSR count). The zero-order valence-corrected chi connectivity index (χ0v) is 15.3. The van der Waals surface area contributed by atoms with Crippen LogP contribution in [0.3, 0.4) is 0 Å². The zero-order valence-electron chi connectivity index (χ0n) is 15.3. The van der Waals surface area contributed by atoms with Gasteiger partial charge in [-0.05, 0) is 48.0 Å². The lowest BCUT2D eigenvalue weighted by Crippen LogP contribution is -2.01. The van der Waals surface area contributed by atoms with E-state index < -0.39 is 0 Å². The molecule has 0 atom stereocenters. The third-order valence-electron chi connectivity index (χ3n) is 4.22. The summed E-state index contributed by atoms with van der Waals surface area (Å²) >= 11 is 0. The molecular formula is C22H21BO3. The molecular weight excluding hydrogens is 323 g/mol. The van der Waals surface area contributed by atoms with E-state index in [1.165, 1.54) is 10.9 Å². The number of aryl methyl sites for hydroxylation is 1. The molecule has 3 aromatic carbocycles. The Morgan fingerprint density at radius 1 is 0.923 bits per heavy atom. The van der Waals surface area contributed by atoms with Gasteiger partial charge in [-0.2, -0.15) is 0 Å². The molecule has 26 heavy (non-hydrogen) atoms. The van der Waals surface area contributed by atoms with Crippen LogP contribution in [0.1, 0.15) is 21.5 Å². The van der Waals surface area contributed by atoms with Gasteiger partial charge in [0.05, 0.1) is 7.11 Å². The summed E-state index contributed by atoms with van der Waals surface area (Å²) in [6.07, 6.45) is 1.56. The lowest BCUT2D eigenvalue weighted by Gasteiger charge is -2.11. The van der Waals surface area contributed by atoms with E-state index in [0.717, 1.165) is 16.7 Å². The maximum absolute atomic E-state index is 12.6. The Morgan fingerprint density at radius 3 is 2.27 bits per heavy atom. The molecule has 0 amide bonds. The molecule has 0 aromatic heterocycles. The van der Waals surface area contributed by atoms with E-state index in [2.05, 4.69) is 37.3 Å². The number of allylic oxidation sites excluding steroid dienone is 1. The molecule has 0 aliphatic heterocycles. The van der Waals surface area contributed by atoms with Crippen molar-refractivity contribution in [3.63, 3.8) is 0 Å². The number of carbonyl (C=O) groups is 1. The molecule has 0 spiro atoms. The van der Waals surface area contributed by atoms with Gasteiger partial charge in [0.15, 0.2) is 5.78 Å². The average Bonchev–Trinajstić information content (AvgIpc) is 2.67. The first kappa shape index (κ1) is 17.8. The molecule has 0 fully saturated rings. The third-order valence-corrected chi connectivity index (χ3v) is 4.22. The molecule has 3 nitrogen and oxygen atoms in total. The molecule has 0 heterocycles. The fourth-order valence-corrected chi connectivity index (χ4v) is 2.84. The Morgan fingerprint density at radius 2 is 1.58 bits per heavy atom. The molecule has 0 unspecified atom stereocenters. The number of rotatable bonds is 6. The molecule has 130 valence electrons. The first-order valence-electron chi connectivity index (χ1n) is 8.64. The summed E-state index contributed by atoms with van der Waals surface area (Å²) in [4.78, 5) is 12.6. The number of fused-ring (bicyclic) bond motifs is 1. The SMILES string of the molecule is CBO/C(=C\C(=O)c1ccc(OC)cc1)c1ccc2cc(C)ccc2c1. The normalized spacial score (nSPS) is 11.3. The van der Waals surface area contributed by atoms with Crippen LogP contribution < -0.4 is 4.74 Å². The first-order valence-corrected chi connectivity index (χ1v) is 8.64. The van der Waals surface area contributed by atoms with Crippen LogP contribution in [0, 0.1) is 6.92 Å². The Balaban J connectivity index is 1.95. The van der Waals surface area contributed by atoms with Gasteiger partial charge in [-0.1, -0.05) is 42.7 Å². The quantitative estimate of drug-likeness (QED) is 0.279. The Kier molecular flexibility index (Phi) is 5.42. The van der Waals surface area contributed by atoms with Crippen molar-refractivity contribution in [1.82, 2.24) is 0 Å². The predicted molar refractivity (Wildman–Crippen MR) is 108 cm³/mol. The maximum atomic E-state index is 12.6. The summed E-state index contributed by atoms with van der Waals surface area (Å²) in [5.41, 5.74) is 2.71. The van der Waals surface area contributed by atoms with Gasteiger partial charge < -0.3 is 9.39 Å². The minimum Gasteiger partial charge on any atom is -0.564 e. The van der Waals surface area contributed by atoms with E-state index in [1.807, 2.05) is 12.9 Å². The van der Waals surface area contributed by atoms with Crippen molar-refractivity contribution in [1.29, 1.82) is 0 Å². The van der Waals surface area contributed by atoms with E-state index in [-0.39, 0.29) is 5.78 Å². The van der Waals surface area contributed by atoms with E-state index in [1.54, 1.807) is 37.5 Å². The lowest BCUT2D eigenvalue weighted by atomic mass is 10.0. The third kappa shape index (κ3) is 3.97. The highest BCUT2D eigenvalue weighted by atomic mass is 16.5. The van der Waals surface area contributed by atoms with E-state index in [4.69, 9.17) is 9.39 Å². The predicted octanol–water partition coefficient (Wildman–Crippen LogP) is 4.80. The average molecular weight is 344 g/mol. The Hall–Kier alpha value is -3.01. The fraction of sp³-hybridized carbons (Fsp3) is 0.136. The standard InChI is InChI=1S/C22H21BO3/c1-15-4-5-18-13-19(7-6-17(18)12-15)22(26-23-2)14-21(24)16-8-10-20(25-3)11-9-16/h4-14,23H,1-3H3/b22-14-. The van der Waals surface area contributed by atoms with Crippen LogP contribution in [0.15, 0.2) is 66.7 Å². The van der Waals surface area contributed by atoms with Crippen LogP contribution >= 0.6 is 0 Å². The summed E-state index contributed by atoms with van der Waals surface area (Å²) in [6.45, 7) is 3.99. The van der Waals surface area contributed by atoms with Crippen LogP contribution in [0.5, 0.6) is 5.75 Å². The topological polar surface area (TPSA) is 35.5 Å². The van der Waals surface area contributed by atoms with Gasteiger partial charge in [0.2, 0.25) is 0 Å². The van der Waals surface area contributed by atoms with Gasteiger partial charge in [0.25, 0.3) is 0 Å². The van der Waals surface area contributed by atoms with E-state index in [0.29, 0.717) is 18.8 Å². The number of hydrogen-bond donors (Lipinski definition) is 0. The van der Waals surface area contributed by atoms with Gasteiger partial charge in [-0.25, -0.2) is 0 Å². The molecule has 0 aliphatic carbocycles. The van der Waals surface area contributed by atoms with Crippen molar-refractivity contribution in [2.45, 2.75) is 13.7 Å². The molecule has 4 heteroatoms. The Labute approximate surface area is 154 Å². The molecule has 0 aliphatic rings. The second-order valence-corrected chi connectivity index (χ2v) is 6.10. The van der Waals surface area contributed by atoms with Gasteiger partial charge in [0, 0.05) is 17.2 Å². The van der Waals surface area contributed by atoms with Crippen molar-refractivity contribution in [2.24, 2.45) is 0 Å². The second-order valence-electron chi connectivity index (χ2n) is 6.10. The second kappa shape index (κ2) is 7.92. The van der Waals surface area contributed by atoms with E-state index in [9.17, 15) is 4.79 Å². The number of methoxy groups -OCH3 is 1. The van der Waals surface area contributed by atoms with Crippen molar-refractivity contribution in [2.75, 3.05) is 7.11 Å². The molecule has 3 aromatic rings. The summed E-state index contributed by atoms with van der Waals surface area (Å²) in [6, 6.07) is 19.5. The zero-order chi connectivity index (χ0) is 18.5. The number of benzene rings is 3. The van der Waals surface area contributed by atoms with Crippen LogP contribution in [-0.4, -0.2) is 20.4 Å². The highest BCUT2D eigenvalue weighted by molar-refractivity contribution is 6.27. The summed E-state index contributed by atoms with van der Waals surface area (Å²) in [5.74, 6) is 1.20. The summed E-state index contributed by atoms with van der Waals surface area (Å²) in [5, 5.41) is 2.29. The Bertz CT molecular complexity index is 959. The van der Waals surface area contributed by atoms with Crippen molar-refractivity contribution < 1.29 is 14.2 Å². The molecule has 0 bridgehead atoms. The smallest absolute Gasteiger partial charge is 0.336 e. The summed E-state index contributed by atoms with van der Waals surface area (Å²) in [7, 11) is 2.10. The molecule has 0 saturated heterocycles. The largest absolute Gasteiger partial charge is 0.564 e. The first-order chi connectivity index (χ1) is 12.6. The van der Waals surface area contributed by atoms with Crippen LogP contribution in [-0.2, 0) is 4.65 Å². The number of ketones is 1. The molecule has 0 saturated carbocycles. The number of ether oxygens (including phenoxy) is 1. The van der Waals surface area contributed by atoms with Gasteiger partial charge in [-0.15, -0.1) is 0 Å². The van der Waals surface area contributed by atoms with Crippen LogP contribution in [0.25, 0.3) is 16.5 Å². The van der Waals surface area contributed by atoms with Crippen LogP contribution in [0.2, 0.25) is 6.82 Å². The van der Waals surface area contributed by atoms with Crippen molar-refractivity contribution >= 4 is 29.8 Å². The molecule has 0 N–H and O–H groups in total. The maximum Gasteiger partial charge on any atom is 0.336 e. The van der Waals surface area contributed by atoms with Crippen molar-refractivity contribution in [3.8, 4) is 5.75 Å². The number of hydrogen-bond acceptors (Lipinski definition) is 3. The highest BCUT2D eigenvalue weighted by Gasteiger charge is 2.09. The number of carbonyl (C=O) groups excluding carboxylic acids is 1. The van der Waals surface area contributed by atoms with Gasteiger partial charge in [0.1, 0.15) is 11.5 Å². The van der Waals surface area contributed by atoms with Gasteiger partial charge >= 0.3 is 7.48 Å². The lowest BCUT2D eigenvalue weighted by molar-refractivity contribution is 0.104. The van der Waals surface area contributed by atoms with Crippen molar-refractivity contribution in [3.05, 3.63) is 83.4 Å². The van der Waals surface area contributed by atoms with Gasteiger partial charge in [-0.3, -0.25) is 4.79 Å². The van der Waals surface area contributed by atoms with Crippen LogP contribution in [0.4, 0.5) is 0 Å². The minimum atomic E-state index is -0.0971. The van der Waals surface area contributed by atoms with E-state index >= 15 is 0 Å². The minimum absolute atomic E-state index is 0.0971.